The molecule has 1 nitrogen and oxygen atoms in total. The molecule has 0 aromatic heterocycles. The first-order valence-corrected chi connectivity index (χ1v) is 5.87. The lowest BCUT2D eigenvalue weighted by Crippen LogP contribution is -2.03. The summed E-state index contributed by atoms with van der Waals surface area (Å²) in [7, 11) is 1.84. The van der Waals surface area contributed by atoms with E-state index in [4.69, 9.17) is 0 Å². The average Bonchev–Trinajstić information content (AvgIpc) is 2.31. The van der Waals surface area contributed by atoms with Crippen molar-refractivity contribution in [2.75, 3.05) is 7.05 Å². The molecule has 0 N–H and O–H groups in total. The standard InChI is InChI=1S/C15H21N/c1-5-13(12(2)3)11-15(16-4)14-9-7-6-8-10-14/h5,7,9-12H,1,6,8H2,2-4H3/b13-11+,16-15+. The molecule has 0 bridgehead atoms. The van der Waals surface area contributed by atoms with Gasteiger partial charge in [0.2, 0.25) is 0 Å². The second-order valence-electron chi connectivity index (χ2n) is 4.25. The molecule has 0 saturated heterocycles. The van der Waals surface area contributed by atoms with Crippen LogP contribution >= 0.6 is 0 Å². The summed E-state index contributed by atoms with van der Waals surface area (Å²) in [5.74, 6) is 0.488. The zero-order valence-electron chi connectivity index (χ0n) is 10.5. The third-order valence-corrected chi connectivity index (χ3v) is 2.74. The molecule has 0 unspecified atom stereocenters. The fraction of sp³-hybridized carbons (Fsp3) is 0.400. The maximum absolute atomic E-state index is 4.35. The van der Waals surface area contributed by atoms with Crippen LogP contribution in [-0.2, 0) is 0 Å². The molecule has 0 aromatic carbocycles. The molecular formula is C15H21N. The fourth-order valence-electron chi connectivity index (χ4n) is 1.70. The molecule has 0 radical (unpaired) electrons. The maximum atomic E-state index is 4.35. The summed E-state index contributed by atoms with van der Waals surface area (Å²) in [5, 5.41) is 0. The first kappa shape index (κ1) is 12.7. The van der Waals surface area contributed by atoms with E-state index in [1.54, 1.807) is 0 Å². The van der Waals surface area contributed by atoms with E-state index in [0.29, 0.717) is 5.92 Å². The quantitative estimate of drug-likeness (QED) is 0.494. The Morgan fingerprint density at radius 2 is 2.19 bits per heavy atom. The lowest BCUT2D eigenvalue weighted by molar-refractivity contribution is 0.793. The van der Waals surface area contributed by atoms with Crippen LogP contribution < -0.4 is 0 Å². The van der Waals surface area contributed by atoms with Crippen LogP contribution in [0.15, 0.2) is 53.1 Å². The molecular weight excluding hydrogens is 194 g/mol. The highest BCUT2D eigenvalue weighted by molar-refractivity contribution is 6.10. The highest BCUT2D eigenvalue weighted by Crippen LogP contribution is 2.16. The summed E-state index contributed by atoms with van der Waals surface area (Å²) >= 11 is 0. The van der Waals surface area contributed by atoms with Crippen molar-refractivity contribution < 1.29 is 0 Å². The summed E-state index contributed by atoms with van der Waals surface area (Å²) in [6, 6.07) is 0. The molecule has 1 heteroatoms. The van der Waals surface area contributed by atoms with Crippen molar-refractivity contribution in [2.45, 2.75) is 26.7 Å². The van der Waals surface area contributed by atoms with Crippen LogP contribution in [0.25, 0.3) is 0 Å². The largest absolute Gasteiger partial charge is 0.288 e. The lowest BCUT2D eigenvalue weighted by atomic mass is 9.97. The lowest BCUT2D eigenvalue weighted by Gasteiger charge is -2.10. The molecule has 1 aliphatic carbocycles. The third kappa shape index (κ3) is 3.34. The minimum atomic E-state index is 0.488. The Kier molecular flexibility index (Phi) is 4.97. The summed E-state index contributed by atoms with van der Waals surface area (Å²) in [5.41, 5.74) is 3.52. The summed E-state index contributed by atoms with van der Waals surface area (Å²) in [6.45, 7) is 8.20. The second kappa shape index (κ2) is 6.26. The summed E-state index contributed by atoms with van der Waals surface area (Å²) in [4.78, 5) is 4.35. The van der Waals surface area contributed by atoms with Gasteiger partial charge in [-0.2, -0.15) is 0 Å². The Bertz CT molecular complexity index is 365. The van der Waals surface area contributed by atoms with E-state index in [-0.39, 0.29) is 0 Å². The molecule has 0 fully saturated rings. The van der Waals surface area contributed by atoms with Gasteiger partial charge in [-0.05, 0) is 36.0 Å². The van der Waals surface area contributed by atoms with Gasteiger partial charge in [0.1, 0.15) is 0 Å². The van der Waals surface area contributed by atoms with Gasteiger partial charge in [-0.1, -0.05) is 44.7 Å². The van der Waals surface area contributed by atoms with E-state index in [9.17, 15) is 0 Å². The minimum absolute atomic E-state index is 0.488. The van der Waals surface area contributed by atoms with Crippen LogP contribution in [0.3, 0.4) is 0 Å². The van der Waals surface area contributed by atoms with Gasteiger partial charge in [0.25, 0.3) is 0 Å². The highest BCUT2D eigenvalue weighted by Gasteiger charge is 2.06. The van der Waals surface area contributed by atoms with Crippen molar-refractivity contribution in [2.24, 2.45) is 10.9 Å². The zero-order chi connectivity index (χ0) is 12.0. The van der Waals surface area contributed by atoms with E-state index in [1.807, 2.05) is 13.1 Å². The van der Waals surface area contributed by atoms with Gasteiger partial charge in [0.15, 0.2) is 0 Å². The first-order valence-electron chi connectivity index (χ1n) is 5.87. The molecule has 0 saturated carbocycles. The Morgan fingerprint density at radius 1 is 1.44 bits per heavy atom. The molecule has 0 aromatic rings. The number of hydrogen-bond donors (Lipinski definition) is 0. The van der Waals surface area contributed by atoms with Gasteiger partial charge in [0.05, 0.1) is 5.71 Å². The van der Waals surface area contributed by atoms with Gasteiger partial charge < -0.3 is 0 Å². The van der Waals surface area contributed by atoms with E-state index < -0.39 is 0 Å². The second-order valence-corrected chi connectivity index (χ2v) is 4.25. The molecule has 1 rings (SSSR count). The monoisotopic (exact) mass is 215 g/mol. The predicted molar refractivity (Wildman–Crippen MR) is 72.9 cm³/mol. The van der Waals surface area contributed by atoms with Gasteiger partial charge >= 0.3 is 0 Å². The number of allylic oxidation sites excluding steroid dienone is 7. The van der Waals surface area contributed by atoms with Gasteiger partial charge in [-0.15, -0.1) is 0 Å². The van der Waals surface area contributed by atoms with Crippen molar-refractivity contribution in [1.82, 2.24) is 0 Å². The fourth-order valence-corrected chi connectivity index (χ4v) is 1.70. The van der Waals surface area contributed by atoms with E-state index in [1.165, 1.54) is 11.1 Å². The Morgan fingerprint density at radius 3 is 2.62 bits per heavy atom. The number of aliphatic imine (C=N–C) groups is 1. The summed E-state index contributed by atoms with van der Waals surface area (Å²) < 4.78 is 0. The zero-order valence-corrected chi connectivity index (χ0v) is 10.5. The summed E-state index contributed by atoms with van der Waals surface area (Å²) in [6.07, 6.45) is 12.9. The molecule has 1 aliphatic rings. The van der Waals surface area contributed by atoms with Crippen molar-refractivity contribution in [3.8, 4) is 0 Å². The Balaban J connectivity index is 2.96. The van der Waals surface area contributed by atoms with Crippen LogP contribution in [0.5, 0.6) is 0 Å². The highest BCUT2D eigenvalue weighted by atomic mass is 14.7. The van der Waals surface area contributed by atoms with Crippen molar-refractivity contribution in [1.29, 1.82) is 0 Å². The van der Waals surface area contributed by atoms with Gasteiger partial charge in [-0.25, -0.2) is 0 Å². The number of hydrogen-bond acceptors (Lipinski definition) is 1. The molecule has 0 spiro atoms. The van der Waals surface area contributed by atoms with Crippen molar-refractivity contribution >= 4 is 5.71 Å². The van der Waals surface area contributed by atoms with Crippen LogP contribution in [0.2, 0.25) is 0 Å². The molecule has 86 valence electrons. The topological polar surface area (TPSA) is 12.4 Å². The maximum Gasteiger partial charge on any atom is 0.0642 e. The first-order chi connectivity index (χ1) is 7.69. The van der Waals surface area contributed by atoms with Crippen LogP contribution in [-0.4, -0.2) is 12.8 Å². The number of nitrogens with zero attached hydrogens (tertiary/aromatic N) is 1. The van der Waals surface area contributed by atoms with Gasteiger partial charge in [-0.3, -0.25) is 4.99 Å². The Labute approximate surface area is 99.0 Å². The smallest absolute Gasteiger partial charge is 0.0642 e. The van der Waals surface area contributed by atoms with Crippen LogP contribution in [0.1, 0.15) is 26.7 Å². The van der Waals surface area contributed by atoms with Gasteiger partial charge in [0, 0.05) is 7.05 Å². The van der Waals surface area contributed by atoms with E-state index in [2.05, 4.69) is 49.7 Å². The molecule has 0 aliphatic heterocycles. The Hall–Kier alpha value is -1.37. The molecule has 0 atom stereocenters. The number of rotatable bonds is 4. The third-order valence-electron chi connectivity index (χ3n) is 2.74. The molecule has 16 heavy (non-hydrogen) atoms. The SMILES string of the molecule is C=C/C(=C\C(=N/C)C1=CCCC=C1)C(C)C. The van der Waals surface area contributed by atoms with E-state index in [0.717, 1.165) is 18.6 Å². The van der Waals surface area contributed by atoms with E-state index >= 15 is 0 Å². The molecule has 0 amide bonds. The average molecular weight is 215 g/mol. The van der Waals surface area contributed by atoms with Crippen molar-refractivity contribution in [3.63, 3.8) is 0 Å². The molecule has 0 heterocycles. The minimum Gasteiger partial charge on any atom is -0.288 e. The van der Waals surface area contributed by atoms with Crippen molar-refractivity contribution in [3.05, 3.63) is 48.1 Å². The predicted octanol–water partition coefficient (Wildman–Crippen LogP) is 4.10. The van der Waals surface area contributed by atoms with Crippen LogP contribution in [0.4, 0.5) is 0 Å². The normalized spacial score (nSPS) is 17.6. The van der Waals surface area contributed by atoms with Crippen LogP contribution in [0, 0.1) is 5.92 Å².